The molecule has 2 N–H and O–H groups in total. The fraction of sp³-hybridized carbons (Fsp3) is 0.0645. The summed E-state index contributed by atoms with van der Waals surface area (Å²) in [6.07, 6.45) is 1.49. The van der Waals surface area contributed by atoms with Crippen molar-refractivity contribution in [2.75, 3.05) is 6.61 Å². The van der Waals surface area contributed by atoms with Crippen LogP contribution in [0.1, 0.15) is 33.3 Å². The maximum Gasteiger partial charge on any atom is 0.345 e. The molecule has 40 heavy (non-hydrogen) atoms. The number of aromatic amines is 1. The number of benzene rings is 4. The van der Waals surface area contributed by atoms with Gasteiger partial charge in [-0.3, -0.25) is 4.79 Å². The molecular formula is C31H23BrClN3O4. The number of fused-ring (bicyclic) bond motifs is 1. The van der Waals surface area contributed by atoms with Crippen molar-refractivity contribution in [3.05, 3.63) is 117 Å². The van der Waals surface area contributed by atoms with Crippen LogP contribution in [0, 0.1) is 0 Å². The highest BCUT2D eigenvalue weighted by Gasteiger charge is 2.20. The summed E-state index contributed by atoms with van der Waals surface area (Å²) in [4.78, 5) is 29.1. The predicted molar refractivity (Wildman–Crippen MR) is 161 cm³/mol. The van der Waals surface area contributed by atoms with Gasteiger partial charge in [-0.2, -0.15) is 5.10 Å². The maximum atomic E-state index is 13.3. The molecule has 0 saturated heterocycles. The van der Waals surface area contributed by atoms with E-state index >= 15 is 0 Å². The molecule has 5 aromatic rings. The Labute approximate surface area is 243 Å². The fourth-order valence-electron chi connectivity index (χ4n) is 4.22. The van der Waals surface area contributed by atoms with Crippen LogP contribution in [0.15, 0.2) is 101 Å². The number of carbonyl (C=O) groups is 2. The zero-order valence-corrected chi connectivity index (χ0v) is 23.6. The van der Waals surface area contributed by atoms with E-state index in [1.807, 2.05) is 55.5 Å². The van der Waals surface area contributed by atoms with Crippen molar-refractivity contribution >= 4 is 56.5 Å². The molecule has 7 nitrogen and oxygen atoms in total. The number of hydrogen-bond donors (Lipinski definition) is 2. The third kappa shape index (κ3) is 5.78. The first-order valence-corrected chi connectivity index (χ1v) is 13.6. The van der Waals surface area contributed by atoms with Crippen LogP contribution in [0.4, 0.5) is 0 Å². The molecule has 1 heterocycles. The van der Waals surface area contributed by atoms with Crippen LogP contribution in [0.2, 0.25) is 5.02 Å². The van der Waals surface area contributed by atoms with E-state index in [-0.39, 0.29) is 11.3 Å². The topological polar surface area (TPSA) is 92.8 Å². The third-order valence-corrected chi connectivity index (χ3v) is 7.01. The minimum Gasteiger partial charge on any atom is -0.490 e. The summed E-state index contributed by atoms with van der Waals surface area (Å²) in [7, 11) is 0. The van der Waals surface area contributed by atoms with Crippen molar-refractivity contribution in [1.29, 1.82) is 0 Å². The van der Waals surface area contributed by atoms with Crippen molar-refractivity contribution in [1.82, 2.24) is 10.4 Å². The van der Waals surface area contributed by atoms with Gasteiger partial charge < -0.3 is 14.5 Å². The van der Waals surface area contributed by atoms with Crippen LogP contribution < -0.4 is 14.9 Å². The van der Waals surface area contributed by atoms with E-state index in [2.05, 4.69) is 31.4 Å². The van der Waals surface area contributed by atoms with Gasteiger partial charge in [-0.1, -0.05) is 66.2 Å². The zero-order valence-electron chi connectivity index (χ0n) is 21.3. The van der Waals surface area contributed by atoms with Crippen LogP contribution in [0.5, 0.6) is 11.5 Å². The smallest absolute Gasteiger partial charge is 0.345 e. The molecule has 200 valence electrons. The highest BCUT2D eigenvalue weighted by Crippen LogP contribution is 2.35. The molecule has 0 atom stereocenters. The summed E-state index contributed by atoms with van der Waals surface area (Å²) < 4.78 is 12.1. The lowest BCUT2D eigenvalue weighted by atomic mass is 10.0. The molecule has 1 aromatic heterocycles. The number of hydrogen-bond acceptors (Lipinski definition) is 5. The molecule has 0 bridgehead atoms. The van der Waals surface area contributed by atoms with Crippen LogP contribution in [0.3, 0.4) is 0 Å². The molecular weight excluding hydrogens is 594 g/mol. The Bertz CT molecular complexity index is 1730. The minimum absolute atomic E-state index is 0.240. The number of ether oxygens (including phenoxy) is 2. The number of hydrazone groups is 1. The molecule has 0 radical (unpaired) electrons. The van der Waals surface area contributed by atoms with Crippen LogP contribution in [-0.4, -0.2) is 29.7 Å². The van der Waals surface area contributed by atoms with Gasteiger partial charge >= 0.3 is 5.97 Å². The predicted octanol–water partition coefficient (Wildman–Crippen LogP) is 7.63. The summed E-state index contributed by atoms with van der Waals surface area (Å²) in [5.74, 6) is -0.401. The SMILES string of the molecule is CCOc1cc(C=NNC(=O)c2[nH]c3c(Br)cccc3c2-c2ccccc2)ccc1OC(=O)c1ccccc1Cl. The first-order chi connectivity index (χ1) is 19.5. The van der Waals surface area contributed by atoms with Crippen molar-refractivity contribution in [3.63, 3.8) is 0 Å². The number of carbonyl (C=O) groups excluding carboxylic acids is 2. The molecule has 0 aliphatic carbocycles. The van der Waals surface area contributed by atoms with Gasteiger partial charge in [0.15, 0.2) is 11.5 Å². The second-order valence-corrected chi connectivity index (χ2v) is 9.87. The van der Waals surface area contributed by atoms with E-state index < -0.39 is 11.9 Å². The maximum absolute atomic E-state index is 13.3. The molecule has 0 spiro atoms. The van der Waals surface area contributed by atoms with Gasteiger partial charge in [0.05, 0.1) is 28.9 Å². The van der Waals surface area contributed by atoms with Crippen molar-refractivity contribution in [2.24, 2.45) is 5.10 Å². The number of para-hydroxylation sites is 1. The van der Waals surface area contributed by atoms with Crippen molar-refractivity contribution in [3.8, 4) is 22.6 Å². The van der Waals surface area contributed by atoms with Crippen molar-refractivity contribution in [2.45, 2.75) is 6.92 Å². The lowest BCUT2D eigenvalue weighted by molar-refractivity contribution is 0.0728. The molecule has 0 aliphatic heterocycles. The van der Waals surface area contributed by atoms with E-state index in [4.69, 9.17) is 21.1 Å². The molecule has 0 fully saturated rings. The lowest BCUT2D eigenvalue weighted by Crippen LogP contribution is -2.18. The number of amides is 1. The first-order valence-electron chi connectivity index (χ1n) is 12.4. The molecule has 4 aromatic carbocycles. The Hall–Kier alpha value is -4.40. The summed E-state index contributed by atoms with van der Waals surface area (Å²) in [6.45, 7) is 2.18. The van der Waals surface area contributed by atoms with E-state index in [1.54, 1.807) is 42.5 Å². The largest absolute Gasteiger partial charge is 0.490 e. The minimum atomic E-state index is -0.598. The Balaban J connectivity index is 1.37. The number of nitrogens with one attached hydrogen (secondary N) is 2. The number of rotatable bonds is 8. The molecule has 9 heteroatoms. The molecule has 0 aliphatic rings. The Morgan fingerprint density at radius 3 is 2.52 bits per heavy atom. The van der Waals surface area contributed by atoms with Crippen LogP contribution >= 0.6 is 27.5 Å². The van der Waals surface area contributed by atoms with Gasteiger partial charge in [0, 0.05) is 15.4 Å². The number of halogens is 2. The number of aromatic nitrogens is 1. The third-order valence-electron chi connectivity index (χ3n) is 6.02. The highest BCUT2D eigenvalue weighted by atomic mass is 79.9. The Morgan fingerprint density at radius 2 is 1.75 bits per heavy atom. The van der Waals surface area contributed by atoms with Crippen LogP contribution in [-0.2, 0) is 0 Å². The number of nitrogens with zero attached hydrogens (tertiary/aromatic N) is 1. The summed E-state index contributed by atoms with van der Waals surface area (Å²) in [5, 5.41) is 5.37. The van der Waals surface area contributed by atoms with Gasteiger partial charge in [-0.15, -0.1) is 0 Å². The molecule has 5 rings (SSSR count). The van der Waals surface area contributed by atoms with Gasteiger partial charge in [-0.25, -0.2) is 10.2 Å². The number of H-pyrrole nitrogens is 1. The standard InChI is InChI=1S/C31H23BrClN3O4/c1-2-39-26-17-19(15-16-25(26)40-31(38)21-11-6-7-14-24(21)33)18-34-36-30(37)29-27(20-9-4-3-5-10-20)22-12-8-13-23(32)28(22)35-29/h3-18,35H,2H2,1H3,(H,36,37). The molecule has 0 saturated carbocycles. The molecule has 1 amide bonds. The van der Waals surface area contributed by atoms with E-state index in [0.717, 1.165) is 26.5 Å². The van der Waals surface area contributed by atoms with Gasteiger partial charge in [0.1, 0.15) is 5.69 Å². The quantitative estimate of drug-likeness (QED) is 0.0811. The second-order valence-electron chi connectivity index (χ2n) is 8.61. The normalized spacial score (nSPS) is 11.1. The summed E-state index contributed by atoms with van der Waals surface area (Å²) in [5.41, 5.74) is 6.39. The first kappa shape index (κ1) is 27.2. The van der Waals surface area contributed by atoms with E-state index in [0.29, 0.717) is 28.6 Å². The van der Waals surface area contributed by atoms with E-state index in [9.17, 15) is 9.59 Å². The van der Waals surface area contributed by atoms with Gasteiger partial charge in [0.2, 0.25) is 0 Å². The lowest BCUT2D eigenvalue weighted by Gasteiger charge is -2.12. The summed E-state index contributed by atoms with van der Waals surface area (Å²) in [6, 6.07) is 27.1. The second kappa shape index (κ2) is 12.2. The average molecular weight is 617 g/mol. The van der Waals surface area contributed by atoms with Gasteiger partial charge in [-0.05, 0) is 70.4 Å². The fourth-order valence-corrected chi connectivity index (χ4v) is 4.90. The van der Waals surface area contributed by atoms with Gasteiger partial charge in [0.25, 0.3) is 5.91 Å². The average Bonchev–Trinajstić information content (AvgIpc) is 3.36. The Kier molecular flexibility index (Phi) is 8.28. The highest BCUT2D eigenvalue weighted by molar-refractivity contribution is 9.10. The Morgan fingerprint density at radius 1 is 0.975 bits per heavy atom. The van der Waals surface area contributed by atoms with E-state index in [1.165, 1.54) is 6.21 Å². The monoisotopic (exact) mass is 615 g/mol. The zero-order chi connectivity index (χ0) is 28.1. The molecule has 0 unspecified atom stereocenters. The van der Waals surface area contributed by atoms with Crippen molar-refractivity contribution < 1.29 is 19.1 Å². The summed E-state index contributed by atoms with van der Waals surface area (Å²) >= 11 is 9.69. The van der Waals surface area contributed by atoms with Crippen LogP contribution in [0.25, 0.3) is 22.0 Å². The number of esters is 1.